The Bertz CT molecular complexity index is 1160. The number of hydrogen-bond donors (Lipinski definition) is 1. The maximum absolute atomic E-state index is 12.4. The molecule has 0 atom stereocenters. The molecule has 1 N–H and O–H groups in total. The Morgan fingerprint density at radius 3 is 2.31 bits per heavy atom. The summed E-state index contributed by atoms with van der Waals surface area (Å²) in [6.07, 6.45) is 1.40. The second-order valence-corrected chi connectivity index (χ2v) is 8.60. The van der Waals surface area contributed by atoms with Crippen molar-refractivity contribution in [1.82, 2.24) is 4.83 Å². The van der Waals surface area contributed by atoms with Crippen LogP contribution in [-0.4, -0.2) is 28.3 Å². The SMILES string of the molecule is CCOc1ccc(S(=O)(=O)N/N=C/c2ccc(OCc3ccc(C)cc3)c(OC)c2)cc1. The Kier molecular flexibility index (Phi) is 7.72. The van der Waals surface area contributed by atoms with E-state index in [-0.39, 0.29) is 4.90 Å². The number of ether oxygens (including phenoxy) is 3. The smallest absolute Gasteiger partial charge is 0.276 e. The summed E-state index contributed by atoms with van der Waals surface area (Å²) < 4.78 is 41.4. The Balaban J connectivity index is 1.64. The lowest BCUT2D eigenvalue weighted by Gasteiger charge is -2.11. The van der Waals surface area contributed by atoms with Crippen molar-refractivity contribution in [3.63, 3.8) is 0 Å². The number of aryl methyl sites for hydroxylation is 1. The first kappa shape index (κ1) is 23.1. The number of hydrogen-bond acceptors (Lipinski definition) is 6. The first-order valence-corrected chi connectivity index (χ1v) is 11.5. The van der Waals surface area contributed by atoms with Crippen LogP contribution in [0.1, 0.15) is 23.6 Å². The van der Waals surface area contributed by atoms with E-state index in [2.05, 4.69) is 9.93 Å². The number of nitrogens with zero attached hydrogens (tertiary/aromatic N) is 1. The Labute approximate surface area is 188 Å². The van der Waals surface area contributed by atoms with Crippen molar-refractivity contribution in [2.45, 2.75) is 25.3 Å². The zero-order valence-corrected chi connectivity index (χ0v) is 19.1. The maximum Gasteiger partial charge on any atom is 0.276 e. The minimum absolute atomic E-state index is 0.0931. The minimum Gasteiger partial charge on any atom is -0.494 e. The number of hydrazone groups is 1. The van der Waals surface area contributed by atoms with Crippen molar-refractivity contribution >= 4 is 16.2 Å². The highest BCUT2D eigenvalue weighted by Crippen LogP contribution is 2.28. The molecule has 0 amide bonds. The van der Waals surface area contributed by atoms with Gasteiger partial charge in [0.25, 0.3) is 10.0 Å². The molecule has 0 aliphatic heterocycles. The summed E-state index contributed by atoms with van der Waals surface area (Å²) in [7, 11) is -2.24. The predicted octanol–water partition coefficient (Wildman–Crippen LogP) is 4.29. The molecule has 0 aliphatic carbocycles. The second kappa shape index (κ2) is 10.7. The highest BCUT2D eigenvalue weighted by atomic mass is 32.2. The van der Waals surface area contributed by atoms with E-state index in [1.165, 1.54) is 23.9 Å². The number of methoxy groups -OCH3 is 1. The van der Waals surface area contributed by atoms with Crippen LogP contribution in [0.3, 0.4) is 0 Å². The van der Waals surface area contributed by atoms with E-state index in [0.29, 0.717) is 36.0 Å². The molecule has 0 heterocycles. The van der Waals surface area contributed by atoms with Gasteiger partial charge in [-0.25, -0.2) is 4.83 Å². The largest absolute Gasteiger partial charge is 0.494 e. The first-order valence-electron chi connectivity index (χ1n) is 10.1. The molecule has 0 saturated carbocycles. The van der Waals surface area contributed by atoms with E-state index < -0.39 is 10.0 Å². The van der Waals surface area contributed by atoms with E-state index in [9.17, 15) is 8.42 Å². The lowest BCUT2D eigenvalue weighted by molar-refractivity contribution is 0.284. The fourth-order valence-electron chi connectivity index (χ4n) is 2.83. The topological polar surface area (TPSA) is 86.2 Å². The third-order valence-corrected chi connectivity index (χ3v) is 5.77. The third-order valence-electron chi connectivity index (χ3n) is 4.53. The van der Waals surface area contributed by atoms with E-state index in [0.717, 1.165) is 5.56 Å². The molecule has 168 valence electrons. The molecule has 3 aromatic carbocycles. The van der Waals surface area contributed by atoms with Gasteiger partial charge >= 0.3 is 0 Å². The number of rotatable bonds is 10. The summed E-state index contributed by atoms with van der Waals surface area (Å²) in [5.41, 5.74) is 2.89. The second-order valence-electron chi connectivity index (χ2n) is 6.94. The average Bonchev–Trinajstić information content (AvgIpc) is 2.79. The fraction of sp³-hybridized carbons (Fsp3) is 0.208. The number of benzene rings is 3. The highest BCUT2D eigenvalue weighted by Gasteiger charge is 2.12. The summed E-state index contributed by atoms with van der Waals surface area (Å²) in [5, 5.41) is 3.86. The summed E-state index contributed by atoms with van der Waals surface area (Å²) in [4.78, 5) is 2.30. The van der Waals surface area contributed by atoms with Gasteiger partial charge in [-0.1, -0.05) is 29.8 Å². The number of nitrogens with one attached hydrogen (secondary N) is 1. The standard InChI is InChI=1S/C24H26N2O5S/c1-4-30-21-10-12-22(13-11-21)32(27,28)26-25-16-20-9-14-23(24(15-20)29-3)31-17-19-7-5-18(2)6-8-19/h5-16,26H,4,17H2,1-3H3/b25-16+. The molecule has 0 bridgehead atoms. The van der Waals surface area contributed by atoms with Gasteiger partial charge in [-0.05, 0) is 67.4 Å². The Morgan fingerprint density at radius 2 is 1.66 bits per heavy atom. The summed E-state index contributed by atoms with van der Waals surface area (Å²) in [6, 6.07) is 19.5. The first-order chi connectivity index (χ1) is 15.4. The molecule has 0 fully saturated rings. The molecule has 7 nitrogen and oxygen atoms in total. The molecule has 0 radical (unpaired) electrons. The van der Waals surface area contributed by atoms with Gasteiger partial charge in [0, 0.05) is 0 Å². The molecule has 0 unspecified atom stereocenters. The van der Waals surface area contributed by atoms with Gasteiger partial charge < -0.3 is 14.2 Å². The zero-order chi connectivity index (χ0) is 23.0. The fourth-order valence-corrected chi connectivity index (χ4v) is 3.63. The molecule has 32 heavy (non-hydrogen) atoms. The van der Waals surface area contributed by atoms with Crippen molar-refractivity contribution in [3.05, 3.63) is 83.4 Å². The van der Waals surface area contributed by atoms with Crippen LogP contribution in [0.4, 0.5) is 0 Å². The molecule has 0 spiro atoms. The van der Waals surface area contributed by atoms with Crippen LogP contribution < -0.4 is 19.0 Å². The van der Waals surface area contributed by atoms with E-state index in [1.807, 2.05) is 38.1 Å². The van der Waals surface area contributed by atoms with E-state index >= 15 is 0 Å². The summed E-state index contributed by atoms with van der Waals surface area (Å²) >= 11 is 0. The van der Waals surface area contributed by atoms with Crippen molar-refractivity contribution in [2.24, 2.45) is 5.10 Å². The molecule has 0 aromatic heterocycles. The van der Waals surface area contributed by atoms with E-state index in [4.69, 9.17) is 14.2 Å². The van der Waals surface area contributed by atoms with Crippen LogP contribution in [0.15, 0.2) is 76.7 Å². The predicted molar refractivity (Wildman–Crippen MR) is 124 cm³/mol. The lowest BCUT2D eigenvalue weighted by atomic mass is 10.2. The average molecular weight is 455 g/mol. The number of sulfonamides is 1. The Hall–Kier alpha value is -3.52. The molecular weight excluding hydrogens is 428 g/mol. The summed E-state index contributed by atoms with van der Waals surface area (Å²) in [5.74, 6) is 1.71. The zero-order valence-electron chi connectivity index (χ0n) is 18.2. The van der Waals surface area contributed by atoms with Crippen LogP contribution in [0.5, 0.6) is 17.2 Å². The van der Waals surface area contributed by atoms with Gasteiger partial charge in [-0.15, -0.1) is 0 Å². The van der Waals surface area contributed by atoms with Gasteiger partial charge in [0.05, 0.1) is 24.8 Å². The van der Waals surface area contributed by atoms with Gasteiger partial charge in [0.2, 0.25) is 0 Å². The lowest BCUT2D eigenvalue weighted by Crippen LogP contribution is -2.18. The molecule has 8 heteroatoms. The highest BCUT2D eigenvalue weighted by molar-refractivity contribution is 7.89. The molecule has 3 aromatic rings. The van der Waals surface area contributed by atoms with Gasteiger partial charge in [0.15, 0.2) is 11.5 Å². The van der Waals surface area contributed by atoms with Crippen LogP contribution in [-0.2, 0) is 16.6 Å². The van der Waals surface area contributed by atoms with Crippen LogP contribution in [0, 0.1) is 6.92 Å². The summed E-state index contributed by atoms with van der Waals surface area (Å²) in [6.45, 7) is 4.81. The monoisotopic (exact) mass is 454 g/mol. The molecule has 0 saturated heterocycles. The molecule has 3 rings (SSSR count). The van der Waals surface area contributed by atoms with Crippen molar-refractivity contribution < 1.29 is 22.6 Å². The normalized spacial score (nSPS) is 11.3. The van der Waals surface area contributed by atoms with Gasteiger partial charge in [0.1, 0.15) is 12.4 Å². The van der Waals surface area contributed by atoms with Crippen LogP contribution >= 0.6 is 0 Å². The third kappa shape index (κ3) is 6.24. The maximum atomic E-state index is 12.4. The molecular formula is C24H26N2O5S. The van der Waals surface area contributed by atoms with Crippen LogP contribution in [0.2, 0.25) is 0 Å². The van der Waals surface area contributed by atoms with Crippen LogP contribution in [0.25, 0.3) is 0 Å². The quantitative estimate of drug-likeness (QED) is 0.365. The van der Waals surface area contributed by atoms with Crippen molar-refractivity contribution in [1.29, 1.82) is 0 Å². The van der Waals surface area contributed by atoms with Crippen molar-refractivity contribution in [2.75, 3.05) is 13.7 Å². The van der Waals surface area contributed by atoms with Crippen molar-refractivity contribution in [3.8, 4) is 17.2 Å². The van der Waals surface area contributed by atoms with E-state index in [1.54, 1.807) is 37.4 Å². The van der Waals surface area contributed by atoms with Gasteiger partial charge in [-0.2, -0.15) is 13.5 Å². The van der Waals surface area contributed by atoms with Gasteiger partial charge in [-0.3, -0.25) is 0 Å². The molecule has 0 aliphatic rings. The minimum atomic E-state index is -3.79. The Morgan fingerprint density at radius 1 is 0.938 bits per heavy atom.